The summed E-state index contributed by atoms with van der Waals surface area (Å²) >= 11 is 0. The van der Waals surface area contributed by atoms with Crippen molar-refractivity contribution < 1.29 is 29.3 Å². The van der Waals surface area contributed by atoms with Crippen molar-refractivity contribution in [3.63, 3.8) is 0 Å². The fraction of sp³-hybridized carbons (Fsp3) is 0.429. The van der Waals surface area contributed by atoms with E-state index >= 15 is 0 Å². The molecule has 0 fully saturated rings. The average molecular weight is 190 g/mol. The minimum atomic E-state index is -1.51. The zero-order valence-electron chi connectivity index (χ0n) is 6.97. The average Bonchev–Trinajstić information content (AvgIpc) is 1.98. The lowest BCUT2D eigenvalue weighted by Crippen LogP contribution is -2.30. The molecule has 0 aliphatic carbocycles. The van der Waals surface area contributed by atoms with Gasteiger partial charge in [0.25, 0.3) is 0 Å². The molecule has 0 aliphatic rings. The minimum absolute atomic E-state index is 0.911. The van der Waals surface area contributed by atoms with E-state index in [0.29, 0.717) is 0 Å². The van der Waals surface area contributed by atoms with Crippen LogP contribution in [0.2, 0.25) is 0 Å². The van der Waals surface area contributed by atoms with E-state index in [0.717, 1.165) is 6.08 Å². The summed E-state index contributed by atoms with van der Waals surface area (Å²) < 4.78 is 8.53. The first-order valence-corrected chi connectivity index (χ1v) is 3.39. The van der Waals surface area contributed by atoms with E-state index < -0.39 is 24.5 Å². The smallest absolute Gasteiger partial charge is 0.450 e. The van der Waals surface area contributed by atoms with Gasteiger partial charge in [0, 0.05) is 0 Å². The molecule has 0 radical (unpaired) electrons. The Balaban J connectivity index is 4.14. The maximum Gasteiger partial charge on any atom is 0.506 e. The van der Waals surface area contributed by atoms with Crippen LogP contribution < -0.4 is 0 Å². The Hall–Kier alpha value is -1.72. The van der Waals surface area contributed by atoms with Gasteiger partial charge in [-0.3, -0.25) is 0 Å². The van der Waals surface area contributed by atoms with E-state index in [1.165, 1.54) is 6.92 Å². The summed E-state index contributed by atoms with van der Waals surface area (Å²) in [5.74, 6) is 0. The van der Waals surface area contributed by atoms with Crippen LogP contribution in [-0.2, 0) is 9.47 Å². The Labute approximate surface area is 74.4 Å². The van der Waals surface area contributed by atoms with Crippen molar-refractivity contribution in [3.05, 3.63) is 12.7 Å². The molecular formula is C7H10O6. The fourth-order valence-electron chi connectivity index (χ4n) is 0.678. The molecular weight excluding hydrogens is 180 g/mol. The minimum Gasteiger partial charge on any atom is -0.450 e. The van der Waals surface area contributed by atoms with Crippen LogP contribution in [0.3, 0.4) is 0 Å². The number of carbonyl (C=O) groups is 2. The zero-order valence-corrected chi connectivity index (χ0v) is 6.97. The third kappa shape index (κ3) is 4.67. The van der Waals surface area contributed by atoms with E-state index in [-0.39, 0.29) is 0 Å². The van der Waals surface area contributed by atoms with Crippen molar-refractivity contribution in [1.29, 1.82) is 0 Å². The van der Waals surface area contributed by atoms with Gasteiger partial charge in [-0.1, -0.05) is 6.58 Å². The predicted molar refractivity (Wildman–Crippen MR) is 41.7 cm³/mol. The normalized spacial score (nSPS) is 13.9. The molecule has 2 N–H and O–H groups in total. The summed E-state index contributed by atoms with van der Waals surface area (Å²) in [6.07, 6.45) is -3.75. The fourth-order valence-corrected chi connectivity index (χ4v) is 0.678. The van der Waals surface area contributed by atoms with Crippen molar-refractivity contribution >= 4 is 12.3 Å². The molecule has 0 spiro atoms. The van der Waals surface area contributed by atoms with Crippen LogP contribution in [0.1, 0.15) is 6.92 Å². The Morgan fingerprint density at radius 2 is 1.77 bits per heavy atom. The van der Waals surface area contributed by atoms with Gasteiger partial charge in [-0.05, 0) is 13.0 Å². The molecule has 0 rings (SSSR count). The van der Waals surface area contributed by atoms with Gasteiger partial charge in [0.2, 0.25) is 0 Å². The Morgan fingerprint density at radius 1 is 1.31 bits per heavy atom. The summed E-state index contributed by atoms with van der Waals surface area (Å²) in [5.41, 5.74) is 0. The second-order valence-electron chi connectivity index (χ2n) is 2.17. The third-order valence-corrected chi connectivity index (χ3v) is 1.22. The van der Waals surface area contributed by atoms with E-state index in [2.05, 4.69) is 16.1 Å². The Kier molecular flexibility index (Phi) is 4.36. The van der Waals surface area contributed by atoms with Gasteiger partial charge in [0.15, 0.2) is 6.10 Å². The molecule has 0 aliphatic heterocycles. The van der Waals surface area contributed by atoms with Gasteiger partial charge >= 0.3 is 12.3 Å². The first-order chi connectivity index (χ1) is 5.97. The number of hydrogen-bond acceptors (Lipinski definition) is 4. The summed E-state index contributed by atoms with van der Waals surface area (Å²) in [4.78, 5) is 20.1. The van der Waals surface area contributed by atoms with E-state index in [1.807, 2.05) is 0 Å². The van der Waals surface area contributed by atoms with Crippen molar-refractivity contribution in [1.82, 2.24) is 0 Å². The van der Waals surface area contributed by atoms with Crippen LogP contribution in [0.5, 0.6) is 0 Å². The number of rotatable bonds is 4. The summed E-state index contributed by atoms with van der Waals surface area (Å²) in [5, 5.41) is 16.4. The summed E-state index contributed by atoms with van der Waals surface area (Å²) in [6, 6.07) is 0. The number of hydrogen-bond donors (Lipinski definition) is 2. The summed E-state index contributed by atoms with van der Waals surface area (Å²) in [6.45, 7) is 4.65. The van der Waals surface area contributed by atoms with Crippen LogP contribution >= 0.6 is 0 Å². The molecule has 6 nitrogen and oxygen atoms in total. The lowest BCUT2D eigenvalue weighted by molar-refractivity contribution is -0.0147. The number of ether oxygens (including phenoxy) is 2. The van der Waals surface area contributed by atoms with Gasteiger partial charge in [-0.2, -0.15) is 0 Å². The van der Waals surface area contributed by atoms with Crippen molar-refractivity contribution in [2.45, 2.75) is 19.1 Å². The third-order valence-electron chi connectivity index (χ3n) is 1.22. The zero-order chi connectivity index (χ0) is 10.4. The highest BCUT2D eigenvalue weighted by molar-refractivity contribution is 5.58. The molecule has 0 amide bonds. The molecule has 2 unspecified atom stereocenters. The van der Waals surface area contributed by atoms with Gasteiger partial charge in [0.1, 0.15) is 6.10 Å². The summed E-state index contributed by atoms with van der Waals surface area (Å²) in [7, 11) is 0. The lowest BCUT2D eigenvalue weighted by Gasteiger charge is -2.17. The Bertz CT molecular complexity index is 211. The second kappa shape index (κ2) is 5.02. The molecule has 2 atom stereocenters. The molecule has 0 saturated carbocycles. The van der Waals surface area contributed by atoms with Gasteiger partial charge < -0.3 is 19.7 Å². The first kappa shape index (κ1) is 11.3. The maximum absolute atomic E-state index is 10.1. The van der Waals surface area contributed by atoms with Gasteiger partial charge in [0.05, 0.1) is 0 Å². The lowest BCUT2D eigenvalue weighted by atomic mass is 10.2. The van der Waals surface area contributed by atoms with Crippen LogP contribution in [0.15, 0.2) is 12.7 Å². The molecule has 13 heavy (non-hydrogen) atoms. The maximum atomic E-state index is 10.1. The Morgan fingerprint density at radius 3 is 2.08 bits per heavy atom. The van der Waals surface area contributed by atoms with E-state index in [1.54, 1.807) is 0 Å². The molecule has 0 saturated heterocycles. The van der Waals surface area contributed by atoms with Crippen LogP contribution in [-0.4, -0.2) is 34.7 Å². The quantitative estimate of drug-likeness (QED) is 0.513. The predicted octanol–water partition coefficient (Wildman–Crippen LogP) is 1.32. The van der Waals surface area contributed by atoms with Crippen LogP contribution in [0.4, 0.5) is 9.59 Å². The van der Waals surface area contributed by atoms with Crippen molar-refractivity contribution in [3.8, 4) is 0 Å². The van der Waals surface area contributed by atoms with Crippen molar-refractivity contribution in [2.75, 3.05) is 0 Å². The van der Waals surface area contributed by atoms with Gasteiger partial charge in [-0.25, -0.2) is 9.59 Å². The molecule has 0 aromatic carbocycles. The monoisotopic (exact) mass is 190 g/mol. The van der Waals surface area contributed by atoms with E-state index in [9.17, 15) is 9.59 Å². The molecule has 0 heterocycles. The first-order valence-electron chi connectivity index (χ1n) is 3.39. The highest BCUT2D eigenvalue weighted by Crippen LogP contribution is 2.05. The topological polar surface area (TPSA) is 93.1 Å². The highest BCUT2D eigenvalue weighted by Gasteiger charge is 2.21. The second-order valence-corrected chi connectivity index (χ2v) is 2.17. The molecule has 0 bridgehead atoms. The highest BCUT2D eigenvalue weighted by atomic mass is 16.7. The molecule has 6 heteroatoms. The van der Waals surface area contributed by atoms with Crippen LogP contribution in [0, 0.1) is 0 Å². The standard InChI is InChI=1S/C7H10O6/c1-3-5(13-7(10)11)4(2)12-6(8)9/h3-5H,1H2,2H3,(H,8,9)(H,10,11). The SMILES string of the molecule is C=CC(OC(=O)O)C(C)OC(=O)O. The van der Waals surface area contributed by atoms with E-state index in [4.69, 9.17) is 10.2 Å². The van der Waals surface area contributed by atoms with Crippen LogP contribution in [0.25, 0.3) is 0 Å². The largest absolute Gasteiger partial charge is 0.506 e. The molecule has 74 valence electrons. The molecule has 0 aromatic rings. The van der Waals surface area contributed by atoms with Crippen molar-refractivity contribution in [2.24, 2.45) is 0 Å². The van der Waals surface area contributed by atoms with Gasteiger partial charge in [-0.15, -0.1) is 0 Å². The number of carboxylic acid groups (broad SMARTS) is 2. The molecule has 0 aromatic heterocycles.